The molecule has 0 atom stereocenters. The van der Waals surface area contributed by atoms with Crippen LogP contribution in [0.2, 0.25) is 0 Å². The first kappa shape index (κ1) is 16.1. The van der Waals surface area contributed by atoms with Crippen LogP contribution in [0.25, 0.3) is 17.0 Å². The molecule has 1 saturated heterocycles. The third-order valence-corrected chi connectivity index (χ3v) is 5.12. The lowest BCUT2D eigenvalue weighted by Crippen LogP contribution is -2.34. The van der Waals surface area contributed by atoms with E-state index in [-0.39, 0.29) is 0 Å². The molecule has 0 aliphatic carbocycles. The molecule has 3 nitrogen and oxygen atoms in total. The summed E-state index contributed by atoms with van der Waals surface area (Å²) in [5.41, 5.74) is 3.24. The maximum atomic E-state index is 5.37. The fourth-order valence-corrected chi connectivity index (χ4v) is 3.55. The highest BCUT2D eigenvalue weighted by Crippen LogP contribution is 2.23. The van der Waals surface area contributed by atoms with E-state index in [0.717, 1.165) is 29.6 Å². The largest absolute Gasteiger partial charge is 0.356 e. The Morgan fingerprint density at radius 1 is 1.00 bits per heavy atom. The number of allylic oxidation sites excluding steroid dienone is 1. The van der Waals surface area contributed by atoms with Crippen molar-refractivity contribution in [3.63, 3.8) is 0 Å². The summed E-state index contributed by atoms with van der Waals surface area (Å²) in [7, 11) is 0. The number of hydrogen-bond donors (Lipinski definition) is 0. The molecule has 0 spiro atoms. The maximum absolute atomic E-state index is 5.37. The van der Waals surface area contributed by atoms with E-state index in [4.69, 9.17) is 4.52 Å². The fraction of sp³-hybridized carbons (Fsp3) is 0.318. The van der Waals surface area contributed by atoms with Crippen molar-refractivity contribution >= 4 is 17.0 Å². The van der Waals surface area contributed by atoms with E-state index >= 15 is 0 Å². The number of nitrogens with zero attached hydrogens (tertiary/aromatic N) is 2. The second-order valence-corrected chi connectivity index (χ2v) is 6.84. The van der Waals surface area contributed by atoms with E-state index in [2.05, 4.69) is 58.6 Å². The van der Waals surface area contributed by atoms with Crippen LogP contribution >= 0.6 is 0 Å². The highest BCUT2D eigenvalue weighted by molar-refractivity contribution is 5.84. The first-order chi connectivity index (χ1) is 12.4. The first-order valence-electron chi connectivity index (χ1n) is 9.17. The number of piperidine rings is 1. The number of fused-ring (bicyclic) bond motifs is 1. The molecule has 2 heterocycles. The summed E-state index contributed by atoms with van der Waals surface area (Å²) in [6, 6.07) is 18.8. The monoisotopic (exact) mass is 332 g/mol. The molecule has 3 heteroatoms. The molecule has 3 aromatic rings. The number of benzene rings is 2. The van der Waals surface area contributed by atoms with Gasteiger partial charge >= 0.3 is 0 Å². The van der Waals surface area contributed by atoms with Crippen molar-refractivity contribution in [2.45, 2.75) is 19.3 Å². The minimum Gasteiger partial charge on any atom is -0.356 e. The molecule has 0 amide bonds. The van der Waals surface area contributed by atoms with Gasteiger partial charge in [0.1, 0.15) is 5.69 Å². The van der Waals surface area contributed by atoms with Crippen LogP contribution in [0, 0.1) is 5.92 Å². The molecule has 1 aliphatic heterocycles. The predicted molar refractivity (Wildman–Crippen MR) is 102 cm³/mol. The quantitative estimate of drug-likeness (QED) is 0.672. The number of likely N-dealkylation sites (tertiary alicyclic amines) is 1. The summed E-state index contributed by atoms with van der Waals surface area (Å²) < 4.78 is 5.37. The van der Waals surface area contributed by atoms with Crippen molar-refractivity contribution in [1.29, 1.82) is 0 Å². The smallest absolute Gasteiger partial charge is 0.167 e. The van der Waals surface area contributed by atoms with Gasteiger partial charge in [-0.3, -0.25) is 0 Å². The van der Waals surface area contributed by atoms with Crippen molar-refractivity contribution in [2.24, 2.45) is 5.92 Å². The molecule has 128 valence electrons. The molecule has 25 heavy (non-hydrogen) atoms. The normalized spacial score (nSPS) is 16.8. The number of hydrogen-bond acceptors (Lipinski definition) is 3. The third-order valence-electron chi connectivity index (χ3n) is 5.12. The van der Waals surface area contributed by atoms with E-state index in [9.17, 15) is 0 Å². The minimum absolute atomic E-state index is 0.642. The summed E-state index contributed by atoms with van der Waals surface area (Å²) in [5, 5.41) is 5.28. The lowest BCUT2D eigenvalue weighted by atomic mass is 9.95. The molecule has 1 aromatic heterocycles. The fourth-order valence-electron chi connectivity index (χ4n) is 3.55. The predicted octanol–water partition coefficient (Wildman–Crippen LogP) is 4.80. The lowest BCUT2D eigenvalue weighted by molar-refractivity contribution is 0.206. The average Bonchev–Trinajstić information content (AvgIpc) is 3.10. The maximum Gasteiger partial charge on any atom is 0.167 e. The van der Waals surface area contributed by atoms with E-state index in [0.29, 0.717) is 5.92 Å². The van der Waals surface area contributed by atoms with Gasteiger partial charge < -0.3 is 9.42 Å². The highest BCUT2D eigenvalue weighted by atomic mass is 16.5. The van der Waals surface area contributed by atoms with E-state index in [1.54, 1.807) is 0 Å². The molecule has 4 rings (SSSR count). The Morgan fingerprint density at radius 3 is 2.60 bits per heavy atom. The Hall–Kier alpha value is -2.39. The van der Waals surface area contributed by atoms with Crippen LogP contribution in [0.15, 0.2) is 65.2 Å². The summed E-state index contributed by atoms with van der Waals surface area (Å²) >= 11 is 0. The van der Waals surface area contributed by atoms with E-state index in [1.165, 1.54) is 31.5 Å². The molecule has 1 aliphatic rings. The van der Waals surface area contributed by atoms with Gasteiger partial charge in [-0.2, -0.15) is 0 Å². The van der Waals surface area contributed by atoms with Crippen molar-refractivity contribution in [3.8, 4) is 0 Å². The lowest BCUT2D eigenvalue weighted by Gasteiger charge is -2.30. The van der Waals surface area contributed by atoms with Crippen molar-refractivity contribution in [1.82, 2.24) is 10.1 Å². The van der Waals surface area contributed by atoms with Gasteiger partial charge in [0.05, 0.1) is 0 Å². The molecule has 1 fully saturated rings. The molecule has 0 radical (unpaired) electrons. The summed E-state index contributed by atoms with van der Waals surface area (Å²) in [6.45, 7) is 3.52. The SMILES string of the molecule is C(=CC1CCN(CCc2ccccc2)CC1)c1noc2ccccc12. The van der Waals surface area contributed by atoms with Crippen molar-refractivity contribution in [2.75, 3.05) is 19.6 Å². The number of rotatable bonds is 5. The van der Waals surface area contributed by atoms with Crippen LogP contribution in [0.5, 0.6) is 0 Å². The van der Waals surface area contributed by atoms with Gasteiger partial charge in [0.25, 0.3) is 0 Å². The van der Waals surface area contributed by atoms with Crippen LogP contribution < -0.4 is 0 Å². The van der Waals surface area contributed by atoms with Gasteiger partial charge in [0.2, 0.25) is 0 Å². The second kappa shape index (κ2) is 7.66. The Kier molecular flexibility index (Phi) is 4.93. The zero-order chi connectivity index (χ0) is 16.9. The number of aromatic nitrogens is 1. The molecule has 0 unspecified atom stereocenters. The summed E-state index contributed by atoms with van der Waals surface area (Å²) in [6.07, 6.45) is 8.05. The number of para-hydroxylation sites is 1. The Morgan fingerprint density at radius 2 is 1.76 bits per heavy atom. The van der Waals surface area contributed by atoms with Crippen LogP contribution in [0.4, 0.5) is 0 Å². The van der Waals surface area contributed by atoms with Gasteiger partial charge in [-0.15, -0.1) is 0 Å². The summed E-state index contributed by atoms with van der Waals surface area (Å²) in [4.78, 5) is 2.59. The van der Waals surface area contributed by atoms with Crippen LogP contribution in [-0.4, -0.2) is 29.7 Å². The second-order valence-electron chi connectivity index (χ2n) is 6.84. The van der Waals surface area contributed by atoms with Crippen molar-refractivity contribution < 1.29 is 4.52 Å². The van der Waals surface area contributed by atoms with Gasteiger partial charge in [-0.25, -0.2) is 0 Å². The van der Waals surface area contributed by atoms with Crippen LogP contribution in [-0.2, 0) is 6.42 Å². The zero-order valence-electron chi connectivity index (χ0n) is 14.5. The standard InChI is InChI=1S/C22H24N2O/c1-2-6-18(7-3-1)12-15-24-16-13-19(14-17-24)10-11-21-20-8-4-5-9-22(20)25-23-21/h1-11,19H,12-17H2. The molecular formula is C22H24N2O. The van der Waals surface area contributed by atoms with E-state index < -0.39 is 0 Å². The average molecular weight is 332 g/mol. The van der Waals surface area contributed by atoms with Gasteiger partial charge in [-0.1, -0.05) is 53.7 Å². The molecular weight excluding hydrogens is 308 g/mol. The molecule has 0 saturated carbocycles. The van der Waals surface area contributed by atoms with Crippen molar-refractivity contribution in [3.05, 3.63) is 71.9 Å². The Balaban J connectivity index is 1.28. The molecule has 0 N–H and O–H groups in total. The highest BCUT2D eigenvalue weighted by Gasteiger charge is 2.17. The Bertz CT molecular complexity index is 829. The van der Waals surface area contributed by atoms with Crippen LogP contribution in [0.1, 0.15) is 24.1 Å². The Labute approximate surface area is 148 Å². The first-order valence-corrected chi connectivity index (χ1v) is 9.17. The topological polar surface area (TPSA) is 29.3 Å². The van der Waals surface area contributed by atoms with Crippen LogP contribution in [0.3, 0.4) is 0 Å². The third kappa shape index (κ3) is 3.99. The van der Waals surface area contributed by atoms with E-state index in [1.807, 2.05) is 18.2 Å². The van der Waals surface area contributed by atoms with Gasteiger partial charge in [-0.05, 0) is 62.0 Å². The molecule has 2 aromatic carbocycles. The van der Waals surface area contributed by atoms with Gasteiger partial charge in [0, 0.05) is 11.9 Å². The minimum atomic E-state index is 0.642. The zero-order valence-corrected chi connectivity index (χ0v) is 14.5. The van der Waals surface area contributed by atoms with Gasteiger partial charge in [0.15, 0.2) is 5.58 Å². The molecule has 0 bridgehead atoms. The summed E-state index contributed by atoms with van der Waals surface area (Å²) in [5.74, 6) is 0.642.